The van der Waals surface area contributed by atoms with E-state index in [9.17, 15) is 5.11 Å². The zero-order chi connectivity index (χ0) is 13.1. The second-order valence-electron chi connectivity index (χ2n) is 5.18. The third-order valence-corrected chi connectivity index (χ3v) is 3.39. The standard InChI is InChI=1S/C13H22N4O/c1-10(2)12-11(9-18)8-14-13(15-12)17-6-4-16(3)5-7-17/h8,10,18H,4-7,9H2,1-3H3. The predicted molar refractivity (Wildman–Crippen MR) is 71.8 cm³/mol. The molecule has 0 atom stereocenters. The van der Waals surface area contributed by atoms with Crippen LogP contribution in [0.15, 0.2) is 6.20 Å². The van der Waals surface area contributed by atoms with E-state index in [-0.39, 0.29) is 6.61 Å². The van der Waals surface area contributed by atoms with Gasteiger partial charge in [-0.2, -0.15) is 0 Å². The van der Waals surface area contributed by atoms with E-state index < -0.39 is 0 Å². The van der Waals surface area contributed by atoms with E-state index in [0.29, 0.717) is 5.92 Å². The van der Waals surface area contributed by atoms with E-state index in [1.165, 1.54) is 0 Å². The molecule has 0 amide bonds. The topological polar surface area (TPSA) is 52.5 Å². The van der Waals surface area contributed by atoms with Crippen molar-refractivity contribution in [3.8, 4) is 0 Å². The molecule has 1 aliphatic rings. The van der Waals surface area contributed by atoms with Gasteiger partial charge < -0.3 is 14.9 Å². The van der Waals surface area contributed by atoms with Crippen molar-refractivity contribution in [3.63, 3.8) is 0 Å². The molecule has 1 aliphatic heterocycles. The molecular weight excluding hydrogens is 228 g/mol. The molecule has 1 aromatic heterocycles. The van der Waals surface area contributed by atoms with E-state index >= 15 is 0 Å². The fourth-order valence-electron chi connectivity index (χ4n) is 2.19. The summed E-state index contributed by atoms with van der Waals surface area (Å²) in [7, 11) is 2.13. The number of aliphatic hydroxyl groups excluding tert-OH is 1. The summed E-state index contributed by atoms with van der Waals surface area (Å²) in [6, 6.07) is 0. The highest BCUT2D eigenvalue weighted by atomic mass is 16.3. The van der Waals surface area contributed by atoms with Gasteiger partial charge in [-0.05, 0) is 13.0 Å². The maximum atomic E-state index is 9.30. The van der Waals surface area contributed by atoms with Crippen molar-refractivity contribution in [1.29, 1.82) is 0 Å². The lowest BCUT2D eigenvalue weighted by molar-refractivity contribution is 0.278. The van der Waals surface area contributed by atoms with Crippen LogP contribution in [0.4, 0.5) is 5.95 Å². The van der Waals surface area contributed by atoms with E-state index in [1.807, 2.05) is 0 Å². The van der Waals surface area contributed by atoms with Gasteiger partial charge in [0.15, 0.2) is 0 Å². The van der Waals surface area contributed by atoms with Crippen LogP contribution in [0.1, 0.15) is 31.0 Å². The van der Waals surface area contributed by atoms with E-state index in [1.54, 1.807) is 6.20 Å². The molecular formula is C13H22N4O. The molecule has 1 saturated heterocycles. The summed E-state index contributed by atoms with van der Waals surface area (Å²) in [6.45, 7) is 8.21. The number of hydrogen-bond donors (Lipinski definition) is 1. The Hall–Kier alpha value is -1.20. The summed E-state index contributed by atoms with van der Waals surface area (Å²) >= 11 is 0. The van der Waals surface area contributed by atoms with Crippen molar-refractivity contribution in [1.82, 2.24) is 14.9 Å². The molecule has 5 nitrogen and oxygen atoms in total. The Balaban J connectivity index is 2.21. The fourth-order valence-corrected chi connectivity index (χ4v) is 2.19. The molecule has 0 aliphatic carbocycles. The highest BCUT2D eigenvalue weighted by Crippen LogP contribution is 2.20. The first-order valence-corrected chi connectivity index (χ1v) is 6.52. The molecule has 100 valence electrons. The highest BCUT2D eigenvalue weighted by Gasteiger charge is 2.18. The van der Waals surface area contributed by atoms with Crippen LogP contribution >= 0.6 is 0 Å². The zero-order valence-corrected chi connectivity index (χ0v) is 11.4. The van der Waals surface area contributed by atoms with Crippen LogP contribution in [0.2, 0.25) is 0 Å². The smallest absolute Gasteiger partial charge is 0.225 e. The minimum atomic E-state index is 0.0104. The summed E-state index contributed by atoms with van der Waals surface area (Å²) in [5.74, 6) is 1.10. The third kappa shape index (κ3) is 2.79. The minimum Gasteiger partial charge on any atom is -0.392 e. The van der Waals surface area contributed by atoms with Crippen LogP contribution in [-0.2, 0) is 6.61 Å². The maximum Gasteiger partial charge on any atom is 0.225 e. The first kappa shape index (κ1) is 13.2. The van der Waals surface area contributed by atoms with Crippen LogP contribution in [0, 0.1) is 0 Å². The molecule has 2 heterocycles. The average molecular weight is 250 g/mol. The summed E-state index contributed by atoms with van der Waals surface area (Å²) < 4.78 is 0. The molecule has 18 heavy (non-hydrogen) atoms. The van der Waals surface area contributed by atoms with Gasteiger partial charge in [0.1, 0.15) is 0 Å². The molecule has 0 radical (unpaired) electrons. The second kappa shape index (κ2) is 5.63. The van der Waals surface area contributed by atoms with Gasteiger partial charge >= 0.3 is 0 Å². The third-order valence-electron chi connectivity index (χ3n) is 3.39. The number of likely N-dealkylation sites (N-methyl/N-ethyl adjacent to an activating group) is 1. The van der Waals surface area contributed by atoms with Crippen LogP contribution in [-0.4, -0.2) is 53.2 Å². The Morgan fingerprint density at radius 3 is 2.50 bits per heavy atom. The van der Waals surface area contributed by atoms with Crippen molar-refractivity contribution >= 4 is 5.95 Å². The zero-order valence-electron chi connectivity index (χ0n) is 11.4. The SMILES string of the molecule is CC(C)c1nc(N2CCN(C)CC2)ncc1CO. The number of aromatic nitrogens is 2. The lowest BCUT2D eigenvalue weighted by atomic mass is 10.1. The Bertz CT molecular complexity index is 400. The first-order chi connectivity index (χ1) is 8.61. The van der Waals surface area contributed by atoms with Crippen LogP contribution in [0.25, 0.3) is 0 Å². The Kier molecular flexibility index (Phi) is 4.14. The summed E-state index contributed by atoms with van der Waals surface area (Å²) in [4.78, 5) is 13.5. The van der Waals surface area contributed by atoms with Gasteiger partial charge in [-0.25, -0.2) is 9.97 Å². The van der Waals surface area contributed by atoms with E-state index in [0.717, 1.165) is 43.4 Å². The fraction of sp³-hybridized carbons (Fsp3) is 0.692. The molecule has 5 heteroatoms. The highest BCUT2D eigenvalue weighted by molar-refractivity contribution is 5.34. The number of rotatable bonds is 3. The molecule has 0 saturated carbocycles. The molecule has 0 aromatic carbocycles. The van der Waals surface area contributed by atoms with Crippen molar-refractivity contribution in [2.75, 3.05) is 38.1 Å². The minimum absolute atomic E-state index is 0.0104. The molecule has 0 bridgehead atoms. The second-order valence-corrected chi connectivity index (χ2v) is 5.18. The Labute approximate surface area is 108 Å². The maximum absolute atomic E-state index is 9.30. The number of anilines is 1. The quantitative estimate of drug-likeness (QED) is 0.861. The van der Waals surface area contributed by atoms with Gasteiger partial charge in [-0.15, -0.1) is 0 Å². The molecule has 1 fully saturated rings. The van der Waals surface area contributed by atoms with Gasteiger partial charge in [0.25, 0.3) is 0 Å². The van der Waals surface area contributed by atoms with Crippen molar-refractivity contribution in [2.45, 2.75) is 26.4 Å². The average Bonchev–Trinajstić information content (AvgIpc) is 2.39. The van der Waals surface area contributed by atoms with Crippen molar-refractivity contribution in [2.24, 2.45) is 0 Å². The molecule has 1 N–H and O–H groups in total. The lowest BCUT2D eigenvalue weighted by Gasteiger charge is -2.32. The largest absolute Gasteiger partial charge is 0.392 e. The Morgan fingerprint density at radius 1 is 1.28 bits per heavy atom. The summed E-state index contributed by atoms with van der Waals surface area (Å²) in [6.07, 6.45) is 1.76. The number of nitrogens with zero attached hydrogens (tertiary/aromatic N) is 4. The number of hydrogen-bond acceptors (Lipinski definition) is 5. The normalized spacial score (nSPS) is 17.5. The molecule has 0 unspecified atom stereocenters. The predicted octanol–water partition coefficient (Wildman–Crippen LogP) is 0.844. The molecule has 1 aromatic rings. The van der Waals surface area contributed by atoms with Crippen LogP contribution in [0.5, 0.6) is 0 Å². The van der Waals surface area contributed by atoms with Gasteiger partial charge in [-0.1, -0.05) is 13.8 Å². The van der Waals surface area contributed by atoms with Crippen molar-refractivity contribution < 1.29 is 5.11 Å². The van der Waals surface area contributed by atoms with Crippen LogP contribution < -0.4 is 4.90 Å². The Morgan fingerprint density at radius 2 is 1.94 bits per heavy atom. The summed E-state index contributed by atoms with van der Waals surface area (Å²) in [5.41, 5.74) is 1.80. The molecule has 2 rings (SSSR count). The van der Waals surface area contributed by atoms with Gasteiger partial charge in [0.2, 0.25) is 5.95 Å². The number of aliphatic hydroxyl groups is 1. The van der Waals surface area contributed by atoms with E-state index in [4.69, 9.17) is 0 Å². The first-order valence-electron chi connectivity index (χ1n) is 6.52. The number of piperazine rings is 1. The van der Waals surface area contributed by atoms with Crippen LogP contribution in [0.3, 0.4) is 0 Å². The van der Waals surface area contributed by atoms with Gasteiger partial charge in [0.05, 0.1) is 12.3 Å². The van der Waals surface area contributed by atoms with Gasteiger partial charge in [0, 0.05) is 37.9 Å². The molecule has 0 spiro atoms. The monoisotopic (exact) mass is 250 g/mol. The van der Waals surface area contributed by atoms with Gasteiger partial charge in [-0.3, -0.25) is 0 Å². The van der Waals surface area contributed by atoms with Crippen molar-refractivity contribution in [3.05, 3.63) is 17.5 Å². The summed E-state index contributed by atoms with van der Waals surface area (Å²) in [5, 5.41) is 9.30. The van der Waals surface area contributed by atoms with E-state index in [2.05, 4.69) is 40.7 Å². The lowest BCUT2D eigenvalue weighted by Crippen LogP contribution is -2.45.